The number of aromatic amines is 3. The molecule has 9 heterocycles. The second-order valence-electron chi connectivity index (χ2n) is 28.2. The van der Waals surface area contributed by atoms with Crippen molar-refractivity contribution in [2.24, 2.45) is 11.7 Å². The summed E-state index contributed by atoms with van der Waals surface area (Å²) in [5.41, 5.74) is 14.8. The molecule has 0 unspecified atom stereocenters. The van der Waals surface area contributed by atoms with Crippen molar-refractivity contribution in [1.29, 1.82) is 10.5 Å². The lowest BCUT2D eigenvalue weighted by molar-refractivity contribution is -0.120. The molecule has 7 aromatic rings. The molecule has 24 nitrogen and oxygen atoms in total. The summed E-state index contributed by atoms with van der Waals surface area (Å²) in [6, 6.07) is 27.2. The van der Waals surface area contributed by atoms with Gasteiger partial charge in [-0.05, 0) is 331 Å². The summed E-state index contributed by atoms with van der Waals surface area (Å²) in [6.45, 7) is 27.1. The van der Waals surface area contributed by atoms with Gasteiger partial charge in [-0.15, -0.1) is 0 Å². The molecule has 1 aromatic carbocycles. The molecule has 27 heteroatoms. The van der Waals surface area contributed by atoms with Crippen LogP contribution in [-0.4, -0.2) is 174 Å². The number of nitrogens with zero attached hydrogens (tertiary/aromatic N) is 11. The fourth-order valence-electron chi connectivity index (χ4n) is 12.4. The third-order valence-electron chi connectivity index (χ3n) is 18.8. The maximum absolute atomic E-state index is 13.7. The Kier molecular flexibility index (Phi) is 41.1. The van der Waals surface area contributed by atoms with Gasteiger partial charge in [0, 0.05) is 142 Å². The number of piperidine rings is 3. The summed E-state index contributed by atoms with van der Waals surface area (Å²) >= 11 is 9.89. The minimum Gasteiger partial charge on any atom is -0.357 e. The number of amides is 2. The van der Waals surface area contributed by atoms with Crippen molar-refractivity contribution in [3.63, 3.8) is 0 Å². The highest BCUT2D eigenvalue weighted by molar-refractivity contribution is 9.11. The van der Waals surface area contributed by atoms with Gasteiger partial charge in [0.05, 0.1) is 12.5 Å². The Hall–Kier alpha value is -8.64. The Morgan fingerprint density at radius 3 is 1.44 bits per heavy atom. The number of aromatic nitrogens is 6. The molecule has 4 aliphatic rings. The summed E-state index contributed by atoms with van der Waals surface area (Å²) in [6.07, 6.45) is 17.9. The number of H-pyrrole nitrogens is 3. The van der Waals surface area contributed by atoms with E-state index < -0.39 is 0 Å². The standard InChI is InChI=1S/C34H44N6O3.C12H18BrN3.C8H12N2O.C8H8N2O.C7H16N2.C5H3Br2N.C5H8O.C4H5NO/c1-7-40(34(43)24-8-9-24)30-18-26(25-10-11-31(35-19-25)39-14-12-27(13-15-39)38(5)6)17-28(23(30)4)32(41)36-20-29-21(2)16-22(3)37-33(29)42;1-15(2)11-5-7-16(8-6-11)12-4-3-10(13)9-14-12;2*1-5-3-6(2)10-8(11)7(5)4-9;1-9(2)7-3-5-8-6-4-7;6-4-1-2-5(7)8-3-4;1-3-4-5(2)6;1-4(6)2-3-5/h10-11,16-19,24,27H,7-9,12-15,20H2,1-6H3,(H,36,41)(H,37,42);3-4,9,11H,5-8H2,1-2H3;3H,4,9H2,1-2H3,(H,10,11);3H,1-2H3,(H,10,11);7-8H,3-6H2,1-2H3;1-3H;3-4H,1-2H3;2H2,1H3/b;;;;;;4-3+;. The van der Waals surface area contributed by atoms with E-state index in [9.17, 15) is 33.6 Å². The van der Waals surface area contributed by atoms with Crippen LogP contribution in [0, 0.1) is 77.0 Å². The first-order valence-corrected chi connectivity index (χ1v) is 39.5. The Morgan fingerprint density at radius 2 is 1.08 bits per heavy atom. The van der Waals surface area contributed by atoms with Crippen LogP contribution in [-0.2, 0) is 27.5 Å². The average Bonchev–Trinajstić information content (AvgIpc) is 0.937. The fraction of sp³-hybridized carbons (Fsp3) is 0.470. The van der Waals surface area contributed by atoms with Crippen LogP contribution in [0.3, 0.4) is 0 Å². The van der Waals surface area contributed by atoms with Crippen LogP contribution < -0.4 is 47.7 Å². The third-order valence-corrected chi connectivity index (χ3v) is 20.2. The van der Waals surface area contributed by atoms with Crippen molar-refractivity contribution in [1.82, 2.24) is 55.2 Å². The van der Waals surface area contributed by atoms with Crippen LogP contribution in [0.25, 0.3) is 11.1 Å². The van der Waals surface area contributed by atoms with Crippen LogP contribution in [0.2, 0.25) is 0 Å². The number of Topliss-reactive ketones (excluding diaryl/α,β-unsaturated/α-hetero) is 1. The number of benzene rings is 1. The normalized spacial score (nSPS) is 14.1. The molecule has 4 fully saturated rings. The van der Waals surface area contributed by atoms with Gasteiger partial charge in [-0.3, -0.25) is 33.6 Å². The summed E-state index contributed by atoms with van der Waals surface area (Å²) in [7, 11) is 12.9. The molecule has 0 radical (unpaired) electrons. The molecular weight excluding hydrogens is 1590 g/mol. The number of carbonyl (C=O) groups excluding carboxylic acids is 4. The first-order valence-electron chi connectivity index (χ1n) is 37.2. The van der Waals surface area contributed by atoms with E-state index in [2.05, 4.69) is 162 Å². The number of halogens is 3. The lowest BCUT2D eigenvalue weighted by Crippen LogP contribution is -2.42. The van der Waals surface area contributed by atoms with Gasteiger partial charge in [-0.25, -0.2) is 15.0 Å². The number of rotatable bonds is 15. The monoisotopic (exact) mass is 1700 g/mol. The predicted molar refractivity (Wildman–Crippen MR) is 454 cm³/mol. The van der Waals surface area contributed by atoms with Crippen LogP contribution in [0.15, 0.2) is 125 Å². The number of pyridine rings is 6. The van der Waals surface area contributed by atoms with E-state index in [0.29, 0.717) is 35.8 Å². The minimum atomic E-state index is -0.301. The zero-order chi connectivity index (χ0) is 81.9. The maximum atomic E-state index is 13.7. The number of carbonyl (C=O) groups is 4. The lowest BCUT2D eigenvalue weighted by Gasteiger charge is -2.35. The zero-order valence-corrected chi connectivity index (χ0v) is 72.0. The number of anilines is 3. The van der Waals surface area contributed by atoms with Gasteiger partial charge in [-0.2, -0.15) is 10.5 Å². The molecular formula is C83H114Br3N17O7. The number of allylic oxidation sites excluding steroid dienone is 2. The van der Waals surface area contributed by atoms with E-state index in [1.165, 1.54) is 58.7 Å². The molecule has 11 rings (SSSR count). The smallest absolute Gasteiger partial charge is 0.266 e. The largest absolute Gasteiger partial charge is 0.357 e. The van der Waals surface area contributed by atoms with Crippen molar-refractivity contribution >= 4 is 88.5 Å². The molecule has 1 aliphatic carbocycles. The zero-order valence-electron chi connectivity index (χ0n) is 67.3. The number of ketones is 2. The Labute approximate surface area is 675 Å². The molecule has 7 N–H and O–H groups in total. The van der Waals surface area contributed by atoms with E-state index in [1.54, 1.807) is 43.2 Å². The summed E-state index contributed by atoms with van der Waals surface area (Å²) in [5, 5.41) is 22.6. The van der Waals surface area contributed by atoms with Crippen molar-refractivity contribution < 1.29 is 19.2 Å². The van der Waals surface area contributed by atoms with Gasteiger partial charge in [-0.1, -0.05) is 6.08 Å². The van der Waals surface area contributed by atoms with Crippen molar-refractivity contribution in [2.45, 2.75) is 165 Å². The first kappa shape index (κ1) is 93.7. The maximum Gasteiger partial charge on any atom is 0.266 e. The summed E-state index contributed by atoms with van der Waals surface area (Å²) in [5.74, 6) is 1.95. The number of nitrogens with two attached hydrogens (primary N) is 1. The highest BCUT2D eigenvalue weighted by atomic mass is 79.9. The predicted octanol–water partition coefficient (Wildman–Crippen LogP) is 12.8. The van der Waals surface area contributed by atoms with E-state index >= 15 is 0 Å². The lowest BCUT2D eigenvalue weighted by atomic mass is 9.97. The average molecular weight is 1700 g/mol. The van der Waals surface area contributed by atoms with Crippen molar-refractivity contribution in [2.75, 3.05) is 103 Å². The van der Waals surface area contributed by atoms with E-state index in [0.717, 1.165) is 145 Å². The first-order chi connectivity index (χ1) is 52.2. The van der Waals surface area contributed by atoms with Gasteiger partial charge in [0.15, 0.2) is 5.78 Å². The topological polar surface area (TPSA) is 323 Å². The molecule has 2 amide bonds. The van der Waals surface area contributed by atoms with E-state index in [1.807, 2.05) is 115 Å². The summed E-state index contributed by atoms with van der Waals surface area (Å²) in [4.78, 5) is 116. The SMILES string of the molecule is Brc1ccc(Br)nc1.C/C=C/C(C)=O.CC(=O)CC#N.CCN(C(=O)C1CC1)c1cc(-c2ccc(N3CCC(N(C)C)CC3)nc2)cc(C(=O)NCc2c(C)cc(C)[nH]c2=O)c1C.CN(C)C1CCN(c2ccc(Br)cn2)CC1.CN(C)C1CCNCC1.Cc1cc(C)c(C#N)c(=O)[nH]1.Cc1cc(C)c(CN)c(=O)[nH]1. The molecule has 0 atom stereocenters. The van der Waals surface area contributed by atoms with Crippen molar-refractivity contribution in [3.05, 3.63) is 204 Å². The molecule has 0 spiro atoms. The fourth-order valence-corrected chi connectivity index (χ4v) is 13.1. The van der Waals surface area contributed by atoms with Gasteiger partial charge in [0.2, 0.25) is 5.91 Å². The number of hydrogen-bond donors (Lipinski definition) is 6. The van der Waals surface area contributed by atoms with E-state index in [4.69, 9.17) is 21.2 Å². The van der Waals surface area contributed by atoms with Gasteiger partial charge in [0.1, 0.15) is 33.7 Å². The van der Waals surface area contributed by atoms with Crippen molar-refractivity contribution in [3.8, 4) is 23.3 Å². The minimum absolute atomic E-state index is 0.0417. The van der Waals surface area contributed by atoms with Crippen LogP contribution in [0.5, 0.6) is 0 Å². The molecule has 1 saturated carbocycles. The van der Waals surface area contributed by atoms with E-state index in [-0.39, 0.29) is 64.5 Å². The molecule has 594 valence electrons. The van der Waals surface area contributed by atoms with Gasteiger partial charge in [0.25, 0.3) is 22.6 Å². The third kappa shape index (κ3) is 32.0. The second-order valence-corrected chi connectivity index (χ2v) is 30.9. The van der Waals surface area contributed by atoms with Crippen LogP contribution in [0.1, 0.15) is 152 Å². The number of aryl methyl sites for hydroxylation is 6. The molecule has 6 aromatic heterocycles. The Bertz CT molecular complexity index is 4370. The van der Waals surface area contributed by atoms with Crippen LogP contribution in [0.4, 0.5) is 17.3 Å². The summed E-state index contributed by atoms with van der Waals surface area (Å²) < 4.78 is 2.90. The molecule has 110 heavy (non-hydrogen) atoms. The Morgan fingerprint density at radius 1 is 0.609 bits per heavy atom. The number of nitriles is 2. The molecule has 0 bridgehead atoms. The second kappa shape index (κ2) is 48.2. The quantitative estimate of drug-likeness (QED) is 0.0410. The van der Waals surface area contributed by atoms with Gasteiger partial charge < -0.3 is 60.7 Å². The number of nitrogens with one attached hydrogen (secondary N) is 5. The highest BCUT2D eigenvalue weighted by Gasteiger charge is 2.35. The Balaban J connectivity index is 0.000000309. The van der Waals surface area contributed by atoms with Crippen LogP contribution >= 0.6 is 47.8 Å². The molecule has 3 saturated heterocycles. The highest BCUT2D eigenvalue weighted by Crippen LogP contribution is 2.37. The van der Waals surface area contributed by atoms with Gasteiger partial charge >= 0.3 is 0 Å². The number of hydrogen-bond acceptors (Lipinski definition) is 19. The molecule has 3 aliphatic heterocycles.